The Bertz CT molecular complexity index is 1100. The Hall–Kier alpha value is -2.95. The van der Waals surface area contributed by atoms with E-state index in [0.29, 0.717) is 5.69 Å². The maximum atomic E-state index is 12.6. The van der Waals surface area contributed by atoms with Gasteiger partial charge in [0.25, 0.3) is 15.9 Å². The third-order valence-corrected chi connectivity index (χ3v) is 7.14. The van der Waals surface area contributed by atoms with Gasteiger partial charge in [-0.05, 0) is 56.2 Å². The Labute approximate surface area is 194 Å². The molecule has 1 saturated heterocycles. The van der Waals surface area contributed by atoms with Crippen LogP contribution in [0, 0.1) is 0 Å². The molecule has 33 heavy (non-hydrogen) atoms. The molecule has 1 atom stereocenters. The number of rotatable bonds is 9. The molecular formula is C23H30N4O5S. The zero-order valence-electron chi connectivity index (χ0n) is 19.1. The van der Waals surface area contributed by atoms with Gasteiger partial charge < -0.3 is 15.5 Å². The van der Waals surface area contributed by atoms with Crippen molar-refractivity contribution in [2.24, 2.45) is 0 Å². The standard InChI is InChI=1S/C23H30N4O5S/c1-17(14-22(28)25-19-9-7-10-20(16-19)27-12-4-5-13-27)24-23(29)18-8-6-11-21(15-18)33(30,31)26(2)32-3/h6-11,15-17H,4-5,12-14H2,1-3H3,(H,24,29)(H,25,28). The maximum absolute atomic E-state index is 12.6. The predicted molar refractivity (Wildman–Crippen MR) is 126 cm³/mol. The van der Waals surface area contributed by atoms with Crippen molar-refractivity contribution in [2.45, 2.75) is 37.1 Å². The fraction of sp³-hybridized carbons (Fsp3) is 0.391. The summed E-state index contributed by atoms with van der Waals surface area (Å²) in [6.07, 6.45) is 2.42. The fourth-order valence-corrected chi connectivity index (χ4v) is 4.67. The van der Waals surface area contributed by atoms with Gasteiger partial charge in [0, 0.05) is 49.5 Å². The molecule has 1 heterocycles. The summed E-state index contributed by atoms with van der Waals surface area (Å²) in [4.78, 5) is 32.1. The van der Waals surface area contributed by atoms with Crippen LogP contribution >= 0.6 is 0 Å². The summed E-state index contributed by atoms with van der Waals surface area (Å²) in [5, 5.41) is 5.63. The van der Waals surface area contributed by atoms with Gasteiger partial charge >= 0.3 is 0 Å². The minimum atomic E-state index is -3.87. The number of nitrogens with zero attached hydrogens (tertiary/aromatic N) is 2. The number of hydroxylamine groups is 1. The molecule has 2 aromatic rings. The Morgan fingerprint density at radius 2 is 1.82 bits per heavy atom. The molecule has 2 N–H and O–H groups in total. The fourth-order valence-electron chi connectivity index (χ4n) is 3.65. The van der Waals surface area contributed by atoms with Gasteiger partial charge in [-0.25, -0.2) is 8.42 Å². The number of anilines is 2. The van der Waals surface area contributed by atoms with E-state index in [2.05, 4.69) is 15.5 Å². The number of sulfonamides is 1. The van der Waals surface area contributed by atoms with E-state index in [1.165, 1.54) is 51.3 Å². The lowest BCUT2D eigenvalue weighted by atomic mass is 10.1. The molecule has 1 unspecified atom stereocenters. The molecule has 0 saturated carbocycles. The van der Waals surface area contributed by atoms with Crippen LogP contribution in [0.2, 0.25) is 0 Å². The predicted octanol–water partition coefficient (Wildman–Crippen LogP) is 2.62. The first-order chi connectivity index (χ1) is 15.7. The van der Waals surface area contributed by atoms with Crippen LogP contribution in [0.3, 0.4) is 0 Å². The minimum absolute atomic E-state index is 0.0669. The molecular weight excluding hydrogens is 444 g/mol. The molecule has 0 aliphatic carbocycles. The van der Waals surface area contributed by atoms with E-state index in [1.54, 1.807) is 6.92 Å². The highest BCUT2D eigenvalue weighted by molar-refractivity contribution is 7.89. The van der Waals surface area contributed by atoms with Crippen LogP contribution in [0.15, 0.2) is 53.4 Å². The van der Waals surface area contributed by atoms with Crippen molar-refractivity contribution >= 4 is 33.2 Å². The van der Waals surface area contributed by atoms with Crippen molar-refractivity contribution < 1.29 is 22.8 Å². The monoisotopic (exact) mass is 474 g/mol. The largest absolute Gasteiger partial charge is 0.371 e. The van der Waals surface area contributed by atoms with Crippen molar-refractivity contribution in [3.05, 3.63) is 54.1 Å². The van der Waals surface area contributed by atoms with E-state index in [1.807, 2.05) is 24.3 Å². The highest BCUT2D eigenvalue weighted by Crippen LogP contribution is 2.23. The average molecular weight is 475 g/mol. The van der Waals surface area contributed by atoms with Crippen molar-refractivity contribution in [1.29, 1.82) is 0 Å². The number of benzene rings is 2. The number of nitrogens with one attached hydrogen (secondary N) is 2. The average Bonchev–Trinajstić information content (AvgIpc) is 3.33. The SMILES string of the molecule is CON(C)S(=O)(=O)c1cccc(C(=O)NC(C)CC(=O)Nc2cccc(N3CCCC3)c2)c1. The summed E-state index contributed by atoms with van der Waals surface area (Å²) in [5.74, 6) is -0.692. The van der Waals surface area contributed by atoms with E-state index in [0.717, 1.165) is 23.2 Å². The number of carbonyl (C=O) groups excluding carboxylic acids is 2. The summed E-state index contributed by atoms with van der Waals surface area (Å²) < 4.78 is 25.5. The lowest BCUT2D eigenvalue weighted by Crippen LogP contribution is -2.35. The summed E-state index contributed by atoms with van der Waals surface area (Å²) in [6.45, 7) is 3.76. The van der Waals surface area contributed by atoms with Crippen molar-refractivity contribution in [1.82, 2.24) is 9.79 Å². The molecule has 10 heteroatoms. The molecule has 178 valence electrons. The summed E-state index contributed by atoms with van der Waals surface area (Å²) >= 11 is 0. The van der Waals surface area contributed by atoms with Gasteiger partial charge in [0.05, 0.1) is 12.0 Å². The van der Waals surface area contributed by atoms with Crippen LogP contribution in [-0.4, -0.2) is 58.0 Å². The summed E-state index contributed by atoms with van der Waals surface area (Å²) in [7, 11) is -1.37. The maximum Gasteiger partial charge on any atom is 0.264 e. The van der Waals surface area contributed by atoms with E-state index in [4.69, 9.17) is 4.84 Å². The molecule has 0 bridgehead atoms. The van der Waals surface area contributed by atoms with E-state index in [9.17, 15) is 18.0 Å². The lowest BCUT2D eigenvalue weighted by molar-refractivity contribution is -0.116. The topological polar surface area (TPSA) is 108 Å². The van der Waals surface area contributed by atoms with Gasteiger partial charge in [-0.15, -0.1) is 0 Å². The molecule has 0 spiro atoms. The molecule has 2 aromatic carbocycles. The molecule has 0 radical (unpaired) electrons. The van der Waals surface area contributed by atoms with Crippen LogP contribution in [0.5, 0.6) is 0 Å². The Morgan fingerprint density at radius 3 is 2.52 bits per heavy atom. The van der Waals surface area contributed by atoms with Crippen molar-refractivity contribution in [3.63, 3.8) is 0 Å². The van der Waals surface area contributed by atoms with Gasteiger partial charge in [-0.2, -0.15) is 0 Å². The van der Waals surface area contributed by atoms with Gasteiger partial charge in [-0.1, -0.05) is 16.6 Å². The van der Waals surface area contributed by atoms with Gasteiger partial charge in [0.1, 0.15) is 0 Å². The number of carbonyl (C=O) groups is 2. The van der Waals surface area contributed by atoms with Crippen molar-refractivity contribution in [2.75, 3.05) is 37.5 Å². The first kappa shape index (κ1) is 24.7. The van der Waals surface area contributed by atoms with Gasteiger partial charge in [0.2, 0.25) is 5.91 Å². The van der Waals surface area contributed by atoms with Gasteiger partial charge in [-0.3, -0.25) is 14.4 Å². The van der Waals surface area contributed by atoms with Crippen LogP contribution < -0.4 is 15.5 Å². The molecule has 1 aliphatic heterocycles. The lowest BCUT2D eigenvalue weighted by Gasteiger charge is -2.19. The molecule has 0 aromatic heterocycles. The summed E-state index contributed by atoms with van der Waals surface area (Å²) in [6, 6.07) is 12.9. The van der Waals surface area contributed by atoms with Crippen LogP contribution in [0.1, 0.15) is 36.5 Å². The molecule has 9 nitrogen and oxygen atoms in total. The quantitative estimate of drug-likeness (QED) is 0.541. The van der Waals surface area contributed by atoms with Crippen LogP contribution in [-0.2, 0) is 19.7 Å². The Morgan fingerprint density at radius 1 is 1.12 bits per heavy atom. The summed E-state index contributed by atoms with van der Waals surface area (Å²) in [5.41, 5.74) is 1.97. The normalized spacial score (nSPS) is 14.8. The van der Waals surface area contributed by atoms with Crippen LogP contribution in [0.4, 0.5) is 11.4 Å². The molecule has 3 rings (SSSR count). The third kappa shape index (κ3) is 6.31. The highest BCUT2D eigenvalue weighted by Gasteiger charge is 2.22. The number of amides is 2. The highest BCUT2D eigenvalue weighted by atomic mass is 32.2. The van der Waals surface area contributed by atoms with Crippen LogP contribution in [0.25, 0.3) is 0 Å². The first-order valence-corrected chi connectivity index (χ1v) is 12.2. The number of hydrogen-bond donors (Lipinski definition) is 2. The first-order valence-electron chi connectivity index (χ1n) is 10.8. The second-order valence-electron chi connectivity index (χ2n) is 8.00. The van der Waals surface area contributed by atoms with E-state index in [-0.39, 0.29) is 22.8 Å². The smallest absolute Gasteiger partial charge is 0.264 e. The molecule has 1 aliphatic rings. The van der Waals surface area contributed by atoms with E-state index >= 15 is 0 Å². The van der Waals surface area contributed by atoms with E-state index < -0.39 is 22.0 Å². The zero-order chi connectivity index (χ0) is 24.0. The second kappa shape index (κ2) is 10.8. The number of hydrogen-bond acceptors (Lipinski definition) is 6. The Balaban J connectivity index is 1.58. The van der Waals surface area contributed by atoms with Gasteiger partial charge in [0.15, 0.2) is 0 Å². The van der Waals surface area contributed by atoms with Crippen molar-refractivity contribution in [3.8, 4) is 0 Å². The molecule has 2 amide bonds. The Kier molecular flexibility index (Phi) is 8.06. The zero-order valence-corrected chi connectivity index (χ0v) is 19.9. The third-order valence-electron chi connectivity index (χ3n) is 5.46. The molecule has 1 fully saturated rings. The second-order valence-corrected chi connectivity index (χ2v) is 9.93. The minimum Gasteiger partial charge on any atom is -0.371 e.